The SMILES string of the molecule is CCCN1CCC(C)C(NC)C1. The van der Waals surface area contributed by atoms with Crippen LogP contribution in [-0.2, 0) is 0 Å². The number of piperidine rings is 1. The van der Waals surface area contributed by atoms with E-state index in [4.69, 9.17) is 0 Å². The van der Waals surface area contributed by atoms with Gasteiger partial charge in [0.15, 0.2) is 0 Å². The Kier molecular flexibility index (Phi) is 4.02. The lowest BCUT2D eigenvalue weighted by molar-refractivity contribution is 0.153. The predicted octanol–water partition coefficient (Wildman–Crippen LogP) is 1.33. The van der Waals surface area contributed by atoms with Crippen molar-refractivity contribution in [2.75, 3.05) is 26.7 Å². The topological polar surface area (TPSA) is 15.3 Å². The zero-order chi connectivity index (χ0) is 8.97. The Labute approximate surface area is 76.3 Å². The Morgan fingerprint density at radius 3 is 2.83 bits per heavy atom. The average molecular weight is 170 g/mol. The molecule has 0 aromatic heterocycles. The quantitative estimate of drug-likeness (QED) is 0.687. The average Bonchev–Trinajstić information content (AvgIpc) is 2.09. The Morgan fingerprint density at radius 2 is 2.25 bits per heavy atom. The van der Waals surface area contributed by atoms with Crippen LogP contribution in [0.1, 0.15) is 26.7 Å². The molecule has 0 radical (unpaired) electrons. The van der Waals surface area contributed by atoms with E-state index in [1.165, 1.54) is 32.5 Å². The van der Waals surface area contributed by atoms with Gasteiger partial charge in [-0.25, -0.2) is 0 Å². The van der Waals surface area contributed by atoms with Gasteiger partial charge in [-0.3, -0.25) is 0 Å². The molecule has 0 amide bonds. The summed E-state index contributed by atoms with van der Waals surface area (Å²) in [6.45, 7) is 8.42. The van der Waals surface area contributed by atoms with E-state index in [1.54, 1.807) is 0 Å². The summed E-state index contributed by atoms with van der Waals surface area (Å²) >= 11 is 0. The molecule has 2 heteroatoms. The number of nitrogens with one attached hydrogen (secondary N) is 1. The van der Waals surface area contributed by atoms with Crippen molar-refractivity contribution in [3.05, 3.63) is 0 Å². The lowest BCUT2D eigenvalue weighted by Gasteiger charge is -2.36. The first kappa shape index (κ1) is 10.0. The lowest BCUT2D eigenvalue weighted by atomic mass is 9.93. The second-order valence-corrected chi connectivity index (χ2v) is 3.96. The highest BCUT2D eigenvalue weighted by Crippen LogP contribution is 2.16. The molecule has 0 aromatic rings. The normalized spacial score (nSPS) is 32.2. The van der Waals surface area contributed by atoms with Crippen molar-refractivity contribution in [1.29, 1.82) is 0 Å². The molecule has 12 heavy (non-hydrogen) atoms. The van der Waals surface area contributed by atoms with Crippen LogP contribution in [0.25, 0.3) is 0 Å². The van der Waals surface area contributed by atoms with Gasteiger partial charge in [0.1, 0.15) is 0 Å². The molecule has 2 nitrogen and oxygen atoms in total. The maximum atomic E-state index is 3.40. The Bertz CT molecular complexity index is 125. The molecule has 1 aliphatic heterocycles. The number of hydrogen-bond donors (Lipinski definition) is 1. The summed E-state index contributed by atoms with van der Waals surface area (Å²) in [4.78, 5) is 2.57. The molecule has 0 spiro atoms. The molecule has 1 fully saturated rings. The molecule has 0 bridgehead atoms. The molecular formula is C10H22N2. The highest BCUT2D eigenvalue weighted by Gasteiger charge is 2.23. The lowest BCUT2D eigenvalue weighted by Crippen LogP contribution is -2.49. The molecule has 0 saturated carbocycles. The smallest absolute Gasteiger partial charge is 0.0218 e. The zero-order valence-electron chi connectivity index (χ0n) is 8.64. The molecule has 72 valence electrons. The molecule has 1 aliphatic rings. The van der Waals surface area contributed by atoms with Crippen molar-refractivity contribution in [2.24, 2.45) is 5.92 Å². The summed E-state index contributed by atoms with van der Waals surface area (Å²) in [6, 6.07) is 0.713. The molecule has 2 atom stereocenters. The summed E-state index contributed by atoms with van der Waals surface area (Å²) < 4.78 is 0. The van der Waals surface area contributed by atoms with E-state index in [0.717, 1.165) is 5.92 Å². The summed E-state index contributed by atoms with van der Waals surface area (Å²) in [5.74, 6) is 0.850. The second kappa shape index (κ2) is 4.83. The van der Waals surface area contributed by atoms with E-state index in [1.807, 2.05) is 0 Å². The van der Waals surface area contributed by atoms with Gasteiger partial charge in [0.25, 0.3) is 0 Å². The number of likely N-dealkylation sites (tertiary alicyclic amines) is 1. The second-order valence-electron chi connectivity index (χ2n) is 3.96. The van der Waals surface area contributed by atoms with Crippen molar-refractivity contribution in [1.82, 2.24) is 10.2 Å². The standard InChI is InChI=1S/C10H22N2/c1-4-6-12-7-5-9(2)10(8-12)11-3/h9-11H,4-8H2,1-3H3. The molecular weight excluding hydrogens is 148 g/mol. The van der Waals surface area contributed by atoms with E-state index >= 15 is 0 Å². The number of rotatable bonds is 3. The summed E-state index contributed by atoms with van der Waals surface area (Å²) in [7, 11) is 2.08. The first-order valence-corrected chi connectivity index (χ1v) is 5.17. The van der Waals surface area contributed by atoms with Crippen LogP contribution in [0.5, 0.6) is 0 Å². The fourth-order valence-corrected chi connectivity index (χ4v) is 2.03. The van der Waals surface area contributed by atoms with E-state index in [-0.39, 0.29) is 0 Å². The van der Waals surface area contributed by atoms with Gasteiger partial charge < -0.3 is 10.2 Å². The summed E-state index contributed by atoms with van der Waals surface area (Å²) in [6.07, 6.45) is 2.64. The molecule has 2 unspecified atom stereocenters. The van der Waals surface area contributed by atoms with Crippen molar-refractivity contribution in [3.8, 4) is 0 Å². The molecule has 1 heterocycles. The van der Waals surface area contributed by atoms with Crippen molar-refractivity contribution in [3.63, 3.8) is 0 Å². The Balaban J connectivity index is 2.33. The first-order chi connectivity index (χ1) is 5.77. The fraction of sp³-hybridized carbons (Fsp3) is 1.00. The minimum atomic E-state index is 0.713. The third kappa shape index (κ3) is 2.46. The third-order valence-corrected chi connectivity index (χ3v) is 2.95. The largest absolute Gasteiger partial charge is 0.315 e. The molecule has 0 aromatic carbocycles. The highest BCUT2D eigenvalue weighted by molar-refractivity contribution is 4.81. The van der Waals surface area contributed by atoms with Crippen LogP contribution in [-0.4, -0.2) is 37.6 Å². The van der Waals surface area contributed by atoms with Gasteiger partial charge in [-0.2, -0.15) is 0 Å². The maximum Gasteiger partial charge on any atom is 0.0218 e. The van der Waals surface area contributed by atoms with Gasteiger partial charge in [-0.15, -0.1) is 0 Å². The Morgan fingerprint density at radius 1 is 1.50 bits per heavy atom. The highest BCUT2D eigenvalue weighted by atomic mass is 15.2. The molecule has 1 N–H and O–H groups in total. The fourth-order valence-electron chi connectivity index (χ4n) is 2.03. The van der Waals surface area contributed by atoms with E-state index < -0.39 is 0 Å². The van der Waals surface area contributed by atoms with Crippen molar-refractivity contribution >= 4 is 0 Å². The minimum absolute atomic E-state index is 0.713. The van der Waals surface area contributed by atoms with Crippen LogP contribution in [0.15, 0.2) is 0 Å². The van der Waals surface area contributed by atoms with Crippen molar-refractivity contribution in [2.45, 2.75) is 32.7 Å². The Hall–Kier alpha value is -0.0800. The van der Waals surface area contributed by atoms with Crippen LogP contribution in [0.2, 0.25) is 0 Å². The van der Waals surface area contributed by atoms with Gasteiger partial charge in [0, 0.05) is 12.6 Å². The van der Waals surface area contributed by atoms with E-state index in [0.29, 0.717) is 6.04 Å². The summed E-state index contributed by atoms with van der Waals surface area (Å²) in [5.41, 5.74) is 0. The monoisotopic (exact) mass is 170 g/mol. The van der Waals surface area contributed by atoms with E-state index in [2.05, 4.69) is 31.1 Å². The van der Waals surface area contributed by atoms with Crippen LogP contribution < -0.4 is 5.32 Å². The number of likely N-dealkylation sites (N-methyl/N-ethyl adjacent to an activating group) is 1. The minimum Gasteiger partial charge on any atom is -0.315 e. The van der Waals surface area contributed by atoms with Gasteiger partial charge in [-0.1, -0.05) is 13.8 Å². The molecule has 1 saturated heterocycles. The number of hydrogen-bond acceptors (Lipinski definition) is 2. The first-order valence-electron chi connectivity index (χ1n) is 5.17. The zero-order valence-corrected chi connectivity index (χ0v) is 8.64. The molecule has 0 aliphatic carbocycles. The van der Waals surface area contributed by atoms with Crippen LogP contribution in [0.3, 0.4) is 0 Å². The van der Waals surface area contributed by atoms with Gasteiger partial charge in [-0.05, 0) is 38.9 Å². The van der Waals surface area contributed by atoms with E-state index in [9.17, 15) is 0 Å². The third-order valence-electron chi connectivity index (χ3n) is 2.95. The molecule has 1 rings (SSSR count). The van der Waals surface area contributed by atoms with Crippen LogP contribution in [0, 0.1) is 5.92 Å². The van der Waals surface area contributed by atoms with Gasteiger partial charge in [0.2, 0.25) is 0 Å². The maximum absolute atomic E-state index is 3.40. The van der Waals surface area contributed by atoms with Gasteiger partial charge >= 0.3 is 0 Å². The number of nitrogens with zero attached hydrogens (tertiary/aromatic N) is 1. The van der Waals surface area contributed by atoms with Crippen LogP contribution in [0.4, 0.5) is 0 Å². The predicted molar refractivity (Wildman–Crippen MR) is 53.4 cm³/mol. The van der Waals surface area contributed by atoms with Crippen molar-refractivity contribution < 1.29 is 0 Å². The van der Waals surface area contributed by atoms with Gasteiger partial charge in [0.05, 0.1) is 0 Å². The summed E-state index contributed by atoms with van der Waals surface area (Å²) in [5, 5.41) is 3.40. The van der Waals surface area contributed by atoms with Crippen LogP contribution >= 0.6 is 0 Å².